The van der Waals surface area contributed by atoms with Crippen LogP contribution in [-0.2, 0) is 0 Å². The molecule has 0 saturated carbocycles. The topological polar surface area (TPSA) is 91.0 Å². The van der Waals surface area contributed by atoms with Gasteiger partial charge < -0.3 is 10.2 Å². The van der Waals surface area contributed by atoms with E-state index in [1.54, 1.807) is 0 Å². The van der Waals surface area contributed by atoms with E-state index in [1.807, 2.05) is 25.1 Å². The molecule has 2 aromatic rings. The molecule has 1 unspecified atom stereocenters. The monoisotopic (exact) mass is 313 g/mol. The lowest BCUT2D eigenvalue weighted by molar-refractivity contribution is 0.0927. The molecule has 1 aliphatic heterocycles. The van der Waals surface area contributed by atoms with Crippen LogP contribution in [0, 0.1) is 6.92 Å². The molecule has 0 spiro atoms. The summed E-state index contributed by atoms with van der Waals surface area (Å²) in [7, 11) is 0. The second-order valence-electron chi connectivity index (χ2n) is 5.70. The van der Waals surface area contributed by atoms with Crippen molar-refractivity contribution in [3.8, 4) is 0 Å². The SMILES string of the molecule is Cc1cccc(N2CCCC(NC(=O)c3ccc(=O)[nH]n3)C2)n1. The number of aromatic amines is 1. The van der Waals surface area contributed by atoms with Gasteiger partial charge in [-0.15, -0.1) is 0 Å². The van der Waals surface area contributed by atoms with Crippen LogP contribution in [0.15, 0.2) is 35.1 Å². The Labute approximate surface area is 133 Å². The van der Waals surface area contributed by atoms with Crippen LogP contribution in [0.25, 0.3) is 0 Å². The summed E-state index contributed by atoms with van der Waals surface area (Å²) < 4.78 is 0. The van der Waals surface area contributed by atoms with E-state index >= 15 is 0 Å². The van der Waals surface area contributed by atoms with Crippen LogP contribution in [-0.4, -0.2) is 40.2 Å². The van der Waals surface area contributed by atoms with Gasteiger partial charge in [0.25, 0.3) is 11.5 Å². The summed E-state index contributed by atoms with van der Waals surface area (Å²) in [6, 6.07) is 8.70. The zero-order valence-corrected chi connectivity index (χ0v) is 13.0. The largest absolute Gasteiger partial charge is 0.355 e. The molecule has 0 radical (unpaired) electrons. The number of hydrogen-bond donors (Lipinski definition) is 2. The molecule has 0 aromatic carbocycles. The van der Waals surface area contributed by atoms with Gasteiger partial charge in [0, 0.05) is 30.9 Å². The fourth-order valence-electron chi connectivity index (χ4n) is 2.74. The fourth-order valence-corrected chi connectivity index (χ4v) is 2.74. The maximum absolute atomic E-state index is 12.2. The van der Waals surface area contributed by atoms with E-state index in [9.17, 15) is 9.59 Å². The molecule has 7 nitrogen and oxygen atoms in total. The first-order valence-corrected chi connectivity index (χ1v) is 7.67. The van der Waals surface area contributed by atoms with Gasteiger partial charge in [-0.3, -0.25) is 9.59 Å². The third-order valence-corrected chi connectivity index (χ3v) is 3.87. The third-order valence-electron chi connectivity index (χ3n) is 3.87. The lowest BCUT2D eigenvalue weighted by Gasteiger charge is -2.34. The Kier molecular flexibility index (Phi) is 4.36. The molecule has 1 amide bonds. The van der Waals surface area contributed by atoms with Crippen LogP contribution in [0.1, 0.15) is 29.0 Å². The molecule has 120 valence electrons. The Morgan fingerprint density at radius 2 is 2.22 bits per heavy atom. The zero-order chi connectivity index (χ0) is 16.2. The molecular formula is C16H19N5O2. The number of rotatable bonds is 3. The first-order valence-electron chi connectivity index (χ1n) is 7.67. The van der Waals surface area contributed by atoms with Gasteiger partial charge in [-0.1, -0.05) is 6.07 Å². The molecule has 1 saturated heterocycles. The van der Waals surface area contributed by atoms with Crippen molar-refractivity contribution in [1.29, 1.82) is 0 Å². The Balaban J connectivity index is 1.65. The van der Waals surface area contributed by atoms with Crippen LogP contribution >= 0.6 is 0 Å². The summed E-state index contributed by atoms with van der Waals surface area (Å²) >= 11 is 0. The van der Waals surface area contributed by atoms with Crippen LogP contribution in [0.5, 0.6) is 0 Å². The molecular weight excluding hydrogens is 294 g/mol. The highest BCUT2D eigenvalue weighted by Gasteiger charge is 2.23. The number of piperidine rings is 1. The summed E-state index contributed by atoms with van der Waals surface area (Å²) in [5.41, 5.74) is 0.873. The van der Waals surface area contributed by atoms with E-state index in [0.29, 0.717) is 6.54 Å². The van der Waals surface area contributed by atoms with Gasteiger partial charge >= 0.3 is 0 Å². The van der Waals surface area contributed by atoms with E-state index in [-0.39, 0.29) is 23.2 Å². The lowest BCUT2D eigenvalue weighted by atomic mass is 10.1. The summed E-state index contributed by atoms with van der Waals surface area (Å²) in [6.45, 7) is 3.61. The van der Waals surface area contributed by atoms with E-state index in [0.717, 1.165) is 30.9 Å². The van der Waals surface area contributed by atoms with Crippen LogP contribution in [0.3, 0.4) is 0 Å². The number of aromatic nitrogens is 3. The molecule has 1 atom stereocenters. The van der Waals surface area contributed by atoms with Crippen LogP contribution < -0.4 is 15.8 Å². The maximum Gasteiger partial charge on any atom is 0.271 e. The Hall–Kier alpha value is -2.70. The van der Waals surface area contributed by atoms with Gasteiger partial charge in [0.2, 0.25) is 0 Å². The summed E-state index contributed by atoms with van der Waals surface area (Å²) in [5.74, 6) is 0.663. The average molecular weight is 313 g/mol. The van der Waals surface area contributed by atoms with Gasteiger partial charge in [0.05, 0.1) is 0 Å². The molecule has 23 heavy (non-hydrogen) atoms. The highest BCUT2D eigenvalue weighted by atomic mass is 16.2. The molecule has 0 bridgehead atoms. The fraction of sp³-hybridized carbons (Fsp3) is 0.375. The average Bonchev–Trinajstić information content (AvgIpc) is 2.56. The minimum absolute atomic E-state index is 0.0345. The molecule has 1 aliphatic rings. The minimum atomic E-state index is -0.323. The first kappa shape index (κ1) is 15.2. The Morgan fingerprint density at radius 3 is 2.96 bits per heavy atom. The smallest absolute Gasteiger partial charge is 0.271 e. The number of nitrogens with zero attached hydrogens (tertiary/aromatic N) is 3. The summed E-state index contributed by atoms with van der Waals surface area (Å²) in [6.07, 6.45) is 1.90. The first-order chi connectivity index (χ1) is 11.1. The van der Waals surface area contributed by atoms with Gasteiger partial charge in [-0.2, -0.15) is 5.10 Å². The normalized spacial score (nSPS) is 17.8. The number of aryl methyl sites for hydroxylation is 1. The van der Waals surface area contributed by atoms with Crippen molar-refractivity contribution in [2.75, 3.05) is 18.0 Å². The molecule has 2 aromatic heterocycles. The van der Waals surface area contributed by atoms with Gasteiger partial charge in [0.15, 0.2) is 0 Å². The quantitative estimate of drug-likeness (QED) is 0.877. The zero-order valence-electron chi connectivity index (χ0n) is 13.0. The second kappa shape index (κ2) is 6.60. The highest BCUT2D eigenvalue weighted by Crippen LogP contribution is 2.18. The summed E-state index contributed by atoms with van der Waals surface area (Å²) in [4.78, 5) is 29.9. The second-order valence-corrected chi connectivity index (χ2v) is 5.70. The number of hydrogen-bond acceptors (Lipinski definition) is 5. The summed E-state index contributed by atoms with van der Waals surface area (Å²) in [5, 5.41) is 9.01. The number of nitrogens with one attached hydrogen (secondary N) is 2. The molecule has 3 heterocycles. The number of anilines is 1. The maximum atomic E-state index is 12.2. The van der Waals surface area contributed by atoms with Crippen molar-refractivity contribution in [3.05, 3.63) is 52.1 Å². The highest BCUT2D eigenvalue weighted by molar-refractivity contribution is 5.92. The Morgan fingerprint density at radius 1 is 1.35 bits per heavy atom. The van der Waals surface area contributed by atoms with Crippen molar-refractivity contribution < 1.29 is 4.79 Å². The van der Waals surface area contributed by atoms with E-state index in [1.165, 1.54) is 12.1 Å². The van der Waals surface area contributed by atoms with Crippen LogP contribution in [0.4, 0.5) is 5.82 Å². The number of carbonyl (C=O) groups excluding carboxylic acids is 1. The number of carbonyl (C=O) groups is 1. The predicted molar refractivity (Wildman–Crippen MR) is 86.5 cm³/mol. The van der Waals surface area contributed by atoms with Gasteiger partial charge in [-0.05, 0) is 38.0 Å². The van der Waals surface area contributed by atoms with E-state index < -0.39 is 0 Å². The van der Waals surface area contributed by atoms with Crippen LogP contribution in [0.2, 0.25) is 0 Å². The van der Waals surface area contributed by atoms with Crippen molar-refractivity contribution in [3.63, 3.8) is 0 Å². The molecule has 2 N–H and O–H groups in total. The molecule has 3 rings (SSSR count). The third kappa shape index (κ3) is 3.74. The Bertz CT molecular complexity index is 738. The number of amides is 1. The number of pyridine rings is 1. The molecule has 0 aliphatic carbocycles. The van der Waals surface area contributed by atoms with E-state index in [4.69, 9.17) is 0 Å². The van der Waals surface area contributed by atoms with Crippen molar-refractivity contribution in [2.45, 2.75) is 25.8 Å². The van der Waals surface area contributed by atoms with Gasteiger partial charge in [-0.25, -0.2) is 10.1 Å². The van der Waals surface area contributed by atoms with Gasteiger partial charge in [0.1, 0.15) is 11.5 Å². The molecule has 1 fully saturated rings. The standard InChI is InChI=1S/C16H19N5O2/c1-11-4-2-6-14(17-11)21-9-3-5-12(10-21)18-16(23)13-7-8-15(22)20-19-13/h2,4,6-8,12H,3,5,9-10H2,1H3,(H,18,23)(H,20,22). The van der Waals surface area contributed by atoms with Crippen molar-refractivity contribution >= 4 is 11.7 Å². The van der Waals surface area contributed by atoms with Crippen molar-refractivity contribution in [1.82, 2.24) is 20.5 Å². The predicted octanol–water partition coefficient (Wildman–Crippen LogP) is 0.872. The minimum Gasteiger partial charge on any atom is -0.355 e. The van der Waals surface area contributed by atoms with E-state index in [2.05, 4.69) is 25.4 Å². The lowest BCUT2D eigenvalue weighted by Crippen LogP contribution is -2.48. The number of H-pyrrole nitrogens is 1. The molecule has 7 heteroatoms. The van der Waals surface area contributed by atoms with Crippen molar-refractivity contribution in [2.24, 2.45) is 0 Å².